The highest BCUT2D eigenvalue weighted by atomic mass is 35.5. The Morgan fingerprint density at radius 1 is 1.05 bits per heavy atom. The lowest BCUT2D eigenvalue weighted by molar-refractivity contribution is -0.141. The molecule has 37 heavy (non-hydrogen) atoms. The zero-order valence-electron chi connectivity index (χ0n) is 19.7. The van der Waals surface area contributed by atoms with Crippen LogP contribution >= 0.6 is 35.0 Å². The molecular formula is C26H22Cl2F3N5S. The first kappa shape index (κ1) is 26.9. The van der Waals surface area contributed by atoms with E-state index in [2.05, 4.69) is 4.98 Å². The smallest absolute Gasteiger partial charge is 0.403 e. The largest absolute Gasteiger partial charge is 0.434 e. The number of hydrogen-bond acceptors (Lipinski definition) is 5. The second kappa shape index (κ2) is 10.7. The molecule has 0 saturated carbocycles. The third kappa shape index (κ3) is 5.60. The van der Waals surface area contributed by atoms with Crippen molar-refractivity contribution < 1.29 is 13.2 Å². The molecule has 3 aromatic carbocycles. The second-order valence-corrected chi connectivity index (χ2v) is 9.75. The van der Waals surface area contributed by atoms with Crippen LogP contribution in [0.15, 0.2) is 78.0 Å². The number of imidazole rings is 1. The molecule has 192 valence electrons. The minimum Gasteiger partial charge on any atom is -0.403 e. The zero-order valence-corrected chi connectivity index (χ0v) is 22.1. The molecule has 0 amide bonds. The van der Waals surface area contributed by atoms with Gasteiger partial charge in [0.05, 0.1) is 22.1 Å². The summed E-state index contributed by atoms with van der Waals surface area (Å²) in [7, 11) is 0. The number of rotatable bonds is 6. The highest BCUT2D eigenvalue weighted by Gasteiger charge is 2.35. The average Bonchev–Trinajstić information content (AvgIpc) is 3.27. The molecule has 4 N–H and O–H groups in total. The predicted octanol–water partition coefficient (Wildman–Crippen LogP) is 7.53. The molecule has 1 aromatic heterocycles. The highest BCUT2D eigenvalue weighted by molar-refractivity contribution is 7.98. The quantitative estimate of drug-likeness (QED) is 0.144. The SMILES string of the molecule is CSc1cccc(-c2ccc(-n3cc(C(F)(F)F)nc3C)c(N(N)/C(=C\N)c3ccc(Cl)cc3Cl)c2)c1. The highest BCUT2D eigenvalue weighted by Crippen LogP contribution is 2.37. The Morgan fingerprint density at radius 2 is 1.78 bits per heavy atom. The van der Waals surface area contributed by atoms with Gasteiger partial charge in [-0.05, 0) is 66.8 Å². The van der Waals surface area contributed by atoms with Crippen LogP contribution in [-0.2, 0) is 6.18 Å². The predicted molar refractivity (Wildman–Crippen MR) is 146 cm³/mol. The maximum Gasteiger partial charge on any atom is 0.434 e. The van der Waals surface area contributed by atoms with Crippen LogP contribution in [0.25, 0.3) is 22.5 Å². The van der Waals surface area contributed by atoms with Crippen LogP contribution in [0.1, 0.15) is 17.1 Å². The van der Waals surface area contributed by atoms with Crippen molar-refractivity contribution in [3.8, 4) is 16.8 Å². The molecule has 4 rings (SSSR count). The molecule has 4 aromatic rings. The molecule has 0 atom stereocenters. The van der Waals surface area contributed by atoms with Crippen molar-refractivity contribution in [1.29, 1.82) is 0 Å². The van der Waals surface area contributed by atoms with Crippen molar-refractivity contribution in [1.82, 2.24) is 9.55 Å². The van der Waals surface area contributed by atoms with Crippen LogP contribution in [0.3, 0.4) is 0 Å². The van der Waals surface area contributed by atoms with Crippen molar-refractivity contribution in [2.45, 2.75) is 18.0 Å². The van der Waals surface area contributed by atoms with Gasteiger partial charge in [-0.15, -0.1) is 11.8 Å². The fraction of sp³-hybridized carbons (Fsp3) is 0.115. The molecular weight excluding hydrogens is 542 g/mol. The number of thioether (sulfide) groups is 1. The van der Waals surface area contributed by atoms with E-state index in [-0.39, 0.29) is 5.82 Å². The lowest BCUT2D eigenvalue weighted by Gasteiger charge is -2.26. The molecule has 0 unspecified atom stereocenters. The third-order valence-corrected chi connectivity index (χ3v) is 6.97. The van der Waals surface area contributed by atoms with Crippen molar-refractivity contribution >= 4 is 46.3 Å². The number of halogens is 5. The van der Waals surface area contributed by atoms with E-state index in [1.807, 2.05) is 36.6 Å². The van der Waals surface area contributed by atoms with Crippen LogP contribution in [0, 0.1) is 6.92 Å². The monoisotopic (exact) mass is 563 g/mol. The summed E-state index contributed by atoms with van der Waals surface area (Å²) in [6, 6.07) is 18.0. The number of hydrogen-bond donors (Lipinski definition) is 2. The lowest BCUT2D eigenvalue weighted by atomic mass is 10.0. The summed E-state index contributed by atoms with van der Waals surface area (Å²) in [5.41, 5.74) is 8.25. The van der Waals surface area contributed by atoms with E-state index in [0.29, 0.717) is 32.7 Å². The Balaban J connectivity index is 1.92. The minimum atomic E-state index is -4.60. The summed E-state index contributed by atoms with van der Waals surface area (Å²) >= 11 is 14.1. The molecule has 0 fully saturated rings. The first-order valence-corrected chi connectivity index (χ1v) is 12.9. The molecule has 1 heterocycles. The zero-order chi connectivity index (χ0) is 26.9. The summed E-state index contributed by atoms with van der Waals surface area (Å²) in [5.74, 6) is 6.75. The van der Waals surface area contributed by atoms with Gasteiger partial charge in [0.25, 0.3) is 0 Å². The normalized spacial score (nSPS) is 12.2. The maximum atomic E-state index is 13.4. The van der Waals surface area contributed by atoms with E-state index in [1.165, 1.54) is 22.7 Å². The van der Waals surface area contributed by atoms with Gasteiger partial charge in [-0.25, -0.2) is 10.8 Å². The van der Waals surface area contributed by atoms with E-state index < -0.39 is 11.9 Å². The maximum absolute atomic E-state index is 13.4. The van der Waals surface area contributed by atoms with Gasteiger partial charge in [0.2, 0.25) is 0 Å². The topological polar surface area (TPSA) is 73.1 Å². The Morgan fingerprint density at radius 3 is 2.41 bits per heavy atom. The molecule has 0 radical (unpaired) electrons. The average molecular weight is 564 g/mol. The number of nitrogens with zero attached hydrogens (tertiary/aromatic N) is 3. The molecule has 5 nitrogen and oxygen atoms in total. The van der Waals surface area contributed by atoms with Crippen LogP contribution in [0.4, 0.5) is 18.9 Å². The van der Waals surface area contributed by atoms with Crippen LogP contribution in [0.5, 0.6) is 0 Å². The number of nitrogens with two attached hydrogens (primary N) is 2. The number of aryl methyl sites for hydroxylation is 1. The fourth-order valence-corrected chi connectivity index (χ4v) is 4.85. The lowest BCUT2D eigenvalue weighted by Crippen LogP contribution is -2.31. The molecule has 0 aliphatic carbocycles. The standard InChI is InChI=1S/C26H22Cl2F3N5S/c1-15-34-25(26(29,30)31)14-35(15)22-9-6-17(16-4-3-5-19(10-16)37-2)11-23(22)36(33)24(13-32)20-8-7-18(27)12-21(20)28/h3-14H,32-33H2,1-2H3/b24-13-. The second-order valence-electron chi connectivity index (χ2n) is 8.02. The van der Waals surface area contributed by atoms with Gasteiger partial charge >= 0.3 is 6.18 Å². The van der Waals surface area contributed by atoms with Crippen LogP contribution in [-0.4, -0.2) is 15.8 Å². The van der Waals surface area contributed by atoms with Gasteiger partial charge in [-0.1, -0.05) is 41.4 Å². The molecule has 11 heteroatoms. The first-order valence-electron chi connectivity index (χ1n) is 10.9. The van der Waals surface area contributed by atoms with Crippen molar-refractivity contribution in [2.75, 3.05) is 11.3 Å². The summed E-state index contributed by atoms with van der Waals surface area (Å²) < 4.78 is 41.6. The number of anilines is 1. The molecule has 0 bridgehead atoms. The van der Waals surface area contributed by atoms with Gasteiger partial charge in [0.1, 0.15) is 5.82 Å². The summed E-state index contributed by atoms with van der Waals surface area (Å²) in [4.78, 5) is 4.77. The van der Waals surface area contributed by atoms with Gasteiger partial charge < -0.3 is 10.3 Å². The van der Waals surface area contributed by atoms with E-state index in [4.69, 9.17) is 34.8 Å². The van der Waals surface area contributed by atoms with E-state index >= 15 is 0 Å². The van der Waals surface area contributed by atoms with Gasteiger partial charge in [-0.2, -0.15) is 13.2 Å². The van der Waals surface area contributed by atoms with Crippen LogP contribution in [0.2, 0.25) is 10.0 Å². The number of aromatic nitrogens is 2. The van der Waals surface area contributed by atoms with Crippen molar-refractivity contribution in [3.05, 3.63) is 100 Å². The molecule has 0 saturated heterocycles. The third-order valence-electron chi connectivity index (χ3n) is 5.69. The minimum absolute atomic E-state index is 0.141. The summed E-state index contributed by atoms with van der Waals surface area (Å²) in [5, 5.41) is 2.03. The Hall–Kier alpha value is -3.11. The fourth-order valence-electron chi connectivity index (χ4n) is 3.88. The number of alkyl halides is 3. The van der Waals surface area contributed by atoms with Crippen molar-refractivity contribution in [3.63, 3.8) is 0 Å². The Labute approximate surface area is 226 Å². The van der Waals surface area contributed by atoms with Gasteiger partial charge in [0.15, 0.2) is 5.69 Å². The van der Waals surface area contributed by atoms with E-state index in [0.717, 1.165) is 22.2 Å². The molecule has 0 aliphatic rings. The number of hydrazine groups is 1. The van der Waals surface area contributed by atoms with Crippen molar-refractivity contribution in [2.24, 2.45) is 11.6 Å². The first-order chi connectivity index (χ1) is 17.5. The van der Waals surface area contributed by atoms with Gasteiger partial charge in [0, 0.05) is 27.9 Å². The Bertz CT molecular complexity index is 1480. The van der Waals surface area contributed by atoms with E-state index in [9.17, 15) is 13.2 Å². The molecule has 0 aliphatic heterocycles. The summed E-state index contributed by atoms with van der Waals surface area (Å²) in [6.45, 7) is 1.49. The van der Waals surface area contributed by atoms with Crippen LogP contribution < -0.4 is 16.6 Å². The molecule has 0 spiro atoms. The van der Waals surface area contributed by atoms with E-state index in [1.54, 1.807) is 42.1 Å². The van der Waals surface area contributed by atoms with Gasteiger partial charge in [-0.3, -0.25) is 5.01 Å². The Kier molecular flexibility index (Phi) is 7.80. The summed E-state index contributed by atoms with van der Waals surface area (Å²) in [6.07, 6.45) is -0.404. The number of benzene rings is 3.